The lowest BCUT2D eigenvalue weighted by atomic mass is 9.97. The molecular formula is C15H24N4O2. The maximum atomic E-state index is 11.5. The van der Waals surface area contributed by atoms with Gasteiger partial charge in [0.05, 0.1) is 12.8 Å². The van der Waals surface area contributed by atoms with Crippen molar-refractivity contribution in [2.24, 2.45) is 5.92 Å². The monoisotopic (exact) mass is 292 g/mol. The Morgan fingerprint density at radius 3 is 2.81 bits per heavy atom. The van der Waals surface area contributed by atoms with E-state index in [-0.39, 0.29) is 5.69 Å². The highest BCUT2D eigenvalue weighted by molar-refractivity contribution is 5.88. The van der Waals surface area contributed by atoms with Gasteiger partial charge in [-0.1, -0.05) is 6.92 Å². The molecule has 21 heavy (non-hydrogen) atoms. The van der Waals surface area contributed by atoms with Crippen molar-refractivity contribution in [1.29, 1.82) is 0 Å². The number of hydrogen-bond donors (Lipinski definition) is 2. The van der Waals surface area contributed by atoms with E-state index in [1.807, 2.05) is 0 Å². The number of anilines is 2. The van der Waals surface area contributed by atoms with Gasteiger partial charge in [0, 0.05) is 6.54 Å². The molecule has 2 rings (SSSR count). The number of piperidine rings is 1. The van der Waals surface area contributed by atoms with Gasteiger partial charge < -0.3 is 20.7 Å². The van der Waals surface area contributed by atoms with Crippen LogP contribution in [0.2, 0.25) is 0 Å². The molecule has 0 aliphatic carbocycles. The minimum absolute atomic E-state index is 0.273. The normalized spacial score (nSPS) is 16.7. The molecule has 1 saturated heterocycles. The third kappa shape index (κ3) is 4.07. The van der Waals surface area contributed by atoms with Gasteiger partial charge in [-0.15, -0.1) is 0 Å². The predicted molar refractivity (Wildman–Crippen MR) is 83.3 cm³/mol. The number of nitrogens with two attached hydrogens (primary N) is 1. The zero-order chi connectivity index (χ0) is 15.2. The van der Waals surface area contributed by atoms with Crippen LogP contribution >= 0.6 is 0 Å². The van der Waals surface area contributed by atoms with Crippen molar-refractivity contribution in [2.45, 2.75) is 19.8 Å². The van der Waals surface area contributed by atoms with Crippen molar-refractivity contribution in [1.82, 2.24) is 9.88 Å². The summed E-state index contributed by atoms with van der Waals surface area (Å²) in [6, 6.07) is 3.26. The highest BCUT2D eigenvalue weighted by atomic mass is 16.5. The average Bonchev–Trinajstić information content (AvgIpc) is 2.53. The second-order valence-electron chi connectivity index (χ2n) is 5.38. The van der Waals surface area contributed by atoms with Gasteiger partial charge in [-0.2, -0.15) is 0 Å². The third-order valence-electron chi connectivity index (χ3n) is 4.03. The van der Waals surface area contributed by atoms with E-state index in [0.717, 1.165) is 26.2 Å². The molecule has 0 saturated carbocycles. The fraction of sp³-hybridized carbons (Fsp3) is 0.600. The molecule has 3 N–H and O–H groups in total. The fourth-order valence-electron chi connectivity index (χ4n) is 2.58. The summed E-state index contributed by atoms with van der Waals surface area (Å²) in [5.41, 5.74) is 6.73. The summed E-state index contributed by atoms with van der Waals surface area (Å²) < 4.78 is 4.67. The van der Waals surface area contributed by atoms with Gasteiger partial charge in [-0.3, -0.25) is 0 Å². The maximum absolute atomic E-state index is 11.5. The summed E-state index contributed by atoms with van der Waals surface area (Å²) in [4.78, 5) is 18.2. The number of hydrogen-bond acceptors (Lipinski definition) is 6. The molecule has 116 valence electrons. The van der Waals surface area contributed by atoms with Crippen LogP contribution in [0.5, 0.6) is 0 Å². The van der Waals surface area contributed by atoms with E-state index in [0.29, 0.717) is 17.4 Å². The topological polar surface area (TPSA) is 80.5 Å². The Hall–Kier alpha value is -1.82. The number of methoxy groups -OCH3 is 1. The lowest BCUT2D eigenvalue weighted by Gasteiger charge is -2.31. The molecule has 0 unspecified atom stereocenters. The molecule has 0 atom stereocenters. The van der Waals surface area contributed by atoms with E-state index in [1.54, 1.807) is 12.1 Å². The van der Waals surface area contributed by atoms with Crippen molar-refractivity contribution >= 4 is 17.5 Å². The molecule has 2 heterocycles. The van der Waals surface area contributed by atoms with Crippen LogP contribution in [0.4, 0.5) is 11.5 Å². The molecule has 0 bridgehead atoms. The van der Waals surface area contributed by atoms with Crippen LogP contribution in [0, 0.1) is 5.92 Å². The van der Waals surface area contributed by atoms with Crippen molar-refractivity contribution in [2.75, 3.05) is 44.3 Å². The van der Waals surface area contributed by atoms with Gasteiger partial charge in [0.2, 0.25) is 0 Å². The lowest BCUT2D eigenvalue weighted by molar-refractivity contribution is 0.0594. The van der Waals surface area contributed by atoms with Crippen molar-refractivity contribution in [3.63, 3.8) is 0 Å². The zero-order valence-corrected chi connectivity index (χ0v) is 12.8. The second kappa shape index (κ2) is 7.26. The Bertz CT molecular complexity index is 485. The molecule has 1 fully saturated rings. The molecule has 1 aromatic heterocycles. The molecule has 6 heteroatoms. The number of carbonyl (C=O) groups is 1. The zero-order valence-electron chi connectivity index (χ0n) is 12.8. The Morgan fingerprint density at radius 1 is 1.48 bits per heavy atom. The summed E-state index contributed by atoms with van der Waals surface area (Å²) in [7, 11) is 1.34. The lowest BCUT2D eigenvalue weighted by Crippen LogP contribution is -2.35. The number of ether oxygens (including phenoxy) is 1. The van der Waals surface area contributed by atoms with Crippen LogP contribution in [0.3, 0.4) is 0 Å². The highest BCUT2D eigenvalue weighted by Gasteiger charge is 2.18. The largest absolute Gasteiger partial charge is 0.464 e. The van der Waals surface area contributed by atoms with E-state index in [9.17, 15) is 4.79 Å². The second-order valence-corrected chi connectivity index (χ2v) is 5.38. The van der Waals surface area contributed by atoms with Crippen molar-refractivity contribution in [3.8, 4) is 0 Å². The predicted octanol–water partition coefficient (Wildman–Crippen LogP) is 1.59. The van der Waals surface area contributed by atoms with Gasteiger partial charge in [0.25, 0.3) is 0 Å². The average molecular weight is 292 g/mol. The summed E-state index contributed by atoms with van der Waals surface area (Å²) in [6.07, 6.45) is 2.36. The highest BCUT2D eigenvalue weighted by Crippen LogP contribution is 2.20. The van der Waals surface area contributed by atoms with Crippen LogP contribution in [0.1, 0.15) is 30.3 Å². The van der Waals surface area contributed by atoms with Crippen LogP contribution in [-0.4, -0.2) is 49.1 Å². The van der Waals surface area contributed by atoms with Crippen LogP contribution in [0.15, 0.2) is 12.1 Å². The maximum Gasteiger partial charge on any atom is 0.356 e. The van der Waals surface area contributed by atoms with E-state index < -0.39 is 5.97 Å². The number of nitrogens with zero attached hydrogens (tertiary/aromatic N) is 2. The van der Waals surface area contributed by atoms with Gasteiger partial charge in [0.1, 0.15) is 5.82 Å². The quantitative estimate of drug-likeness (QED) is 0.802. The minimum atomic E-state index is -0.450. The van der Waals surface area contributed by atoms with Crippen LogP contribution in [0.25, 0.3) is 0 Å². The van der Waals surface area contributed by atoms with E-state index in [4.69, 9.17) is 5.73 Å². The smallest absolute Gasteiger partial charge is 0.356 e. The molecule has 1 aliphatic rings. The molecular weight excluding hydrogens is 268 g/mol. The van der Waals surface area contributed by atoms with Gasteiger partial charge in [-0.05, 0) is 50.5 Å². The van der Waals surface area contributed by atoms with Gasteiger partial charge >= 0.3 is 5.97 Å². The third-order valence-corrected chi connectivity index (χ3v) is 4.03. The standard InChI is InChI=1S/C15H24N4O2/c1-3-19-8-6-11(7-9-19)10-17-14-12(16)4-5-13(18-14)15(20)21-2/h4-5,11H,3,6-10,16H2,1-2H3,(H,17,18). The first-order valence-corrected chi connectivity index (χ1v) is 7.45. The summed E-state index contributed by atoms with van der Waals surface area (Å²) in [5.74, 6) is 0.737. The van der Waals surface area contributed by atoms with Crippen molar-refractivity contribution in [3.05, 3.63) is 17.8 Å². The number of nitrogen functional groups attached to an aromatic ring is 1. The van der Waals surface area contributed by atoms with Crippen molar-refractivity contribution < 1.29 is 9.53 Å². The molecule has 1 aromatic rings. The number of pyridine rings is 1. The molecule has 0 aromatic carbocycles. The van der Waals surface area contributed by atoms with Gasteiger partial charge in [0.15, 0.2) is 5.69 Å². The Labute approximate surface area is 125 Å². The number of esters is 1. The number of nitrogens with one attached hydrogen (secondary N) is 1. The first-order chi connectivity index (χ1) is 10.1. The van der Waals surface area contributed by atoms with E-state index >= 15 is 0 Å². The van der Waals surface area contributed by atoms with E-state index in [2.05, 4.69) is 26.9 Å². The molecule has 1 aliphatic heterocycles. The van der Waals surface area contributed by atoms with Crippen LogP contribution < -0.4 is 11.1 Å². The Balaban J connectivity index is 1.92. The molecule has 6 nitrogen and oxygen atoms in total. The molecule has 0 amide bonds. The SMILES string of the molecule is CCN1CCC(CNc2nc(C(=O)OC)ccc2N)CC1. The summed E-state index contributed by atoms with van der Waals surface area (Å²) >= 11 is 0. The molecule has 0 radical (unpaired) electrons. The summed E-state index contributed by atoms with van der Waals surface area (Å²) in [6.45, 7) is 6.44. The number of likely N-dealkylation sites (tertiary alicyclic amines) is 1. The van der Waals surface area contributed by atoms with Gasteiger partial charge in [-0.25, -0.2) is 9.78 Å². The van der Waals surface area contributed by atoms with E-state index in [1.165, 1.54) is 20.0 Å². The van der Waals surface area contributed by atoms with Crippen LogP contribution in [-0.2, 0) is 4.74 Å². The minimum Gasteiger partial charge on any atom is -0.464 e. The first-order valence-electron chi connectivity index (χ1n) is 7.45. The Kier molecular flexibility index (Phi) is 5.38. The summed E-state index contributed by atoms with van der Waals surface area (Å²) in [5, 5.41) is 3.27. The number of rotatable bonds is 5. The Morgan fingerprint density at radius 2 is 2.19 bits per heavy atom. The first kappa shape index (κ1) is 15.6. The number of aromatic nitrogens is 1. The fourth-order valence-corrected chi connectivity index (χ4v) is 2.58. The molecule has 0 spiro atoms. The number of carbonyl (C=O) groups excluding carboxylic acids is 1.